The molecule has 0 spiro atoms. The van der Waals surface area contributed by atoms with Gasteiger partial charge in [-0.15, -0.1) is 0 Å². The SMILES string of the molecule is Cc1ccc(C(C)NCC(O)COC(C)C)cc1. The zero-order valence-corrected chi connectivity index (χ0v) is 11.8. The number of hydrogen-bond donors (Lipinski definition) is 2. The molecule has 1 aromatic carbocycles. The molecule has 2 N–H and O–H groups in total. The lowest BCUT2D eigenvalue weighted by atomic mass is 10.1. The van der Waals surface area contributed by atoms with Gasteiger partial charge in [0.1, 0.15) is 0 Å². The molecule has 0 saturated heterocycles. The van der Waals surface area contributed by atoms with Gasteiger partial charge in [-0.1, -0.05) is 29.8 Å². The highest BCUT2D eigenvalue weighted by Crippen LogP contribution is 2.12. The topological polar surface area (TPSA) is 41.5 Å². The van der Waals surface area contributed by atoms with Crippen molar-refractivity contribution in [2.45, 2.75) is 45.9 Å². The van der Waals surface area contributed by atoms with Crippen molar-refractivity contribution in [3.8, 4) is 0 Å². The molecule has 18 heavy (non-hydrogen) atoms. The van der Waals surface area contributed by atoms with Crippen molar-refractivity contribution in [1.29, 1.82) is 0 Å². The van der Waals surface area contributed by atoms with Crippen LogP contribution in [0.25, 0.3) is 0 Å². The van der Waals surface area contributed by atoms with Gasteiger partial charge >= 0.3 is 0 Å². The summed E-state index contributed by atoms with van der Waals surface area (Å²) in [5, 5.41) is 13.1. The molecule has 0 bridgehead atoms. The molecule has 0 saturated carbocycles. The summed E-state index contributed by atoms with van der Waals surface area (Å²) in [6.07, 6.45) is -0.297. The van der Waals surface area contributed by atoms with Gasteiger partial charge in [-0.2, -0.15) is 0 Å². The molecule has 0 aliphatic heterocycles. The molecule has 102 valence electrons. The molecule has 0 fully saturated rings. The van der Waals surface area contributed by atoms with E-state index in [0.717, 1.165) is 0 Å². The molecule has 3 heteroatoms. The van der Waals surface area contributed by atoms with Crippen molar-refractivity contribution in [3.05, 3.63) is 35.4 Å². The van der Waals surface area contributed by atoms with E-state index >= 15 is 0 Å². The van der Waals surface area contributed by atoms with Crippen molar-refractivity contribution in [1.82, 2.24) is 5.32 Å². The predicted octanol–water partition coefficient (Wildman–Crippen LogP) is 2.43. The number of benzene rings is 1. The van der Waals surface area contributed by atoms with Crippen molar-refractivity contribution >= 4 is 0 Å². The highest BCUT2D eigenvalue weighted by Gasteiger charge is 2.09. The fraction of sp³-hybridized carbons (Fsp3) is 0.600. The molecule has 2 unspecified atom stereocenters. The van der Waals surface area contributed by atoms with E-state index in [1.165, 1.54) is 11.1 Å². The van der Waals surface area contributed by atoms with Gasteiger partial charge in [0, 0.05) is 12.6 Å². The highest BCUT2D eigenvalue weighted by atomic mass is 16.5. The number of hydrogen-bond acceptors (Lipinski definition) is 3. The second kappa shape index (κ2) is 7.52. The molecule has 0 heterocycles. The Morgan fingerprint density at radius 1 is 1.17 bits per heavy atom. The second-order valence-electron chi connectivity index (χ2n) is 5.08. The van der Waals surface area contributed by atoms with E-state index in [4.69, 9.17) is 4.74 Å². The van der Waals surface area contributed by atoms with Crippen LogP contribution in [0.15, 0.2) is 24.3 Å². The third kappa shape index (κ3) is 5.63. The lowest BCUT2D eigenvalue weighted by Gasteiger charge is -2.18. The van der Waals surface area contributed by atoms with E-state index in [-0.39, 0.29) is 12.1 Å². The zero-order chi connectivity index (χ0) is 13.5. The van der Waals surface area contributed by atoms with Gasteiger partial charge in [0.2, 0.25) is 0 Å². The third-order valence-corrected chi connectivity index (χ3v) is 2.86. The summed E-state index contributed by atoms with van der Waals surface area (Å²) in [6, 6.07) is 8.67. The molecule has 3 nitrogen and oxygen atoms in total. The van der Waals surface area contributed by atoms with Crippen molar-refractivity contribution in [2.24, 2.45) is 0 Å². The third-order valence-electron chi connectivity index (χ3n) is 2.86. The molecular weight excluding hydrogens is 226 g/mol. The van der Waals surface area contributed by atoms with Crippen LogP contribution in [0.4, 0.5) is 0 Å². The monoisotopic (exact) mass is 251 g/mol. The fourth-order valence-corrected chi connectivity index (χ4v) is 1.65. The Balaban J connectivity index is 2.32. The highest BCUT2D eigenvalue weighted by molar-refractivity contribution is 5.23. The molecule has 0 aliphatic carbocycles. The van der Waals surface area contributed by atoms with E-state index < -0.39 is 6.10 Å². The first-order valence-corrected chi connectivity index (χ1v) is 6.58. The average molecular weight is 251 g/mol. The average Bonchev–Trinajstić information content (AvgIpc) is 2.34. The largest absolute Gasteiger partial charge is 0.389 e. The number of ether oxygens (including phenoxy) is 1. The van der Waals surface area contributed by atoms with Crippen molar-refractivity contribution < 1.29 is 9.84 Å². The summed E-state index contributed by atoms with van der Waals surface area (Å²) in [5.74, 6) is 0. The maximum absolute atomic E-state index is 9.75. The van der Waals surface area contributed by atoms with Crippen LogP contribution in [-0.4, -0.2) is 30.5 Å². The zero-order valence-electron chi connectivity index (χ0n) is 11.8. The molecular formula is C15H25NO2. The van der Waals surface area contributed by atoms with Gasteiger partial charge in [0.15, 0.2) is 0 Å². The molecule has 0 radical (unpaired) electrons. The van der Waals surface area contributed by atoms with Crippen LogP contribution in [0.5, 0.6) is 0 Å². The van der Waals surface area contributed by atoms with Crippen LogP contribution in [-0.2, 0) is 4.74 Å². The Kier molecular flexibility index (Phi) is 6.33. The minimum atomic E-state index is -0.458. The van der Waals surface area contributed by atoms with Crippen LogP contribution in [0.3, 0.4) is 0 Å². The Hall–Kier alpha value is -0.900. The Labute approximate surface area is 110 Å². The van der Waals surface area contributed by atoms with Crippen molar-refractivity contribution in [3.63, 3.8) is 0 Å². The minimum absolute atomic E-state index is 0.161. The summed E-state index contributed by atoms with van der Waals surface area (Å²) >= 11 is 0. The second-order valence-corrected chi connectivity index (χ2v) is 5.08. The van der Waals surface area contributed by atoms with E-state index in [1.54, 1.807) is 0 Å². The van der Waals surface area contributed by atoms with E-state index in [0.29, 0.717) is 13.2 Å². The van der Waals surface area contributed by atoms with Crippen LogP contribution in [0, 0.1) is 6.92 Å². The number of aliphatic hydroxyl groups excluding tert-OH is 1. The Morgan fingerprint density at radius 3 is 2.33 bits per heavy atom. The van der Waals surface area contributed by atoms with Gasteiger partial charge in [-0.25, -0.2) is 0 Å². The Morgan fingerprint density at radius 2 is 1.78 bits per heavy atom. The minimum Gasteiger partial charge on any atom is -0.389 e. The van der Waals surface area contributed by atoms with Crippen LogP contribution >= 0.6 is 0 Å². The first-order chi connectivity index (χ1) is 8.49. The first kappa shape index (κ1) is 15.2. The maximum Gasteiger partial charge on any atom is 0.0898 e. The summed E-state index contributed by atoms with van der Waals surface area (Å²) in [6.45, 7) is 9.03. The summed E-state index contributed by atoms with van der Waals surface area (Å²) in [4.78, 5) is 0. The van der Waals surface area contributed by atoms with Crippen LogP contribution < -0.4 is 5.32 Å². The smallest absolute Gasteiger partial charge is 0.0898 e. The van der Waals surface area contributed by atoms with Gasteiger partial charge in [0.25, 0.3) is 0 Å². The van der Waals surface area contributed by atoms with Gasteiger partial charge in [-0.05, 0) is 33.3 Å². The van der Waals surface area contributed by atoms with Crippen molar-refractivity contribution in [2.75, 3.05) is 13.2 Å². The van der Waals surface area contributed by atoms with Gasteiger partial charge < -0.3 is 15.2 Å². The standard InChI is InChI=1S/C15H25NO2/c1-11(2)18-10-15(17)9-16-13(4)14-7-5-12(3)6-8-14/h5-8,11,13,15-17H,9-10H2,1-4H3. The summed E-state index contributed by atoms with van der Waals surface area (Å²) < 4.78 is 5.37. The van der Waals surface area contributed by atoms with Gasteiger partial charge in [-0.3, -0.25) is 0 Å². The summed E-state index contributed by atoms with van der Waals surface area (Å²) in [7, 11) is 0. The number of aliphatic hydroxyl groups is 1. The fourth-order valence-electron chi connectivity index (χ4n) is 1.65. The molecule has 1 aromatic rings. The lowest BCUT2D eigenvalue weighted by Crippen LogP contribution is -2.32. The maximum atomic E-state index is 9.75. The molecule has 0 aromatic heterocycles. The first-order valence-electron chi connectivity index (χ1n) is 6.58. The molecule has 0 aliphatic rings. The summed E-state index contributed by atoms with van der Waals surface area (Å²) in [5.41, 5.74) is 2.49. The quantitative estimate of drug-likeness (QED) is 0.782. The Bertz CT molecular complexity index is 335. The normalized spacial score (nSPS) is 14.8. The molecule has 0 amide bonds. The van der Waals surface area contributed by atoms with Gasteiger partial charge in [0.05, 0.1) is 18.8 Å². The molecule has 2 atom stereocenters. The number of aryl methyl sites for hydroxylation is 1. The lowest BCUT2D eigenvalue weighted by molar-refractivity contribution is 0.00560. The van der Waals surface area contributed by atoms with Crippen LogP contribution in [0.2, 0.25) is 0 Å². The number of rotatable bonds is 7. The molecule has 1 rings (SSSR count). The predicted molar refractivity (Wildman–Crippen MR) is 74.7 cm³/mol. The van der Waals surface area contributed by atoms with E-state index in [9.17, 15) is 5.11 Å². The van der Waals surface area contributed by atoms with E-state index in [2.05, 4.69) is 43.4 Å². The van der Waals surface area contributed by atoms with E-state index in [1.807, 2.05) is 13.8 Å². The van der Waals surface area contributed by atoms with Crippen LogP contribution in [0.1, 0.15) is 37.9 Å². The number of nitrogens with one attached hydrogen (secondary N) is 1.